The van der Waals surface area contributed by atoms with E-state index in [2.05, 4.69) is 17.0 Å². The van der Waals surface area contributed by atoms with Crippen molar-refractivity contribution in [2.45, 2.75) is 19.6 Å². The molecule has 1 saturated heterocycles. The molecule has 0 aliphatic carbocycles. The highest BCUT2D eigenvalue weighted by Crippen LogP contribution is 2.24. The van der Waals surface area contributed by atoms with Gasteiger partial charge in [-0.15, -0.1) is 0 Å². The number of benzene rings is 1. The summed E-state index contributed by atoms with van der Waals surface area (Å²) >= 11 is 0. The van der Waals surface area contributed by atoms with Crippen LogP contribution >= 0.6 is 0 Å². The molecule has 3 rings (SSSR count). The lowest BCUT2D eigenvalue weighted by atomic mass is 10.1. The van der Waals surface area contributed by atoms with Gasteiger partial charge in [0.15, 0.2) is 5.75 Å². The van der Waals surface area contributed by atoms with Crippen LogP contribution in [0.3, 0.4) is 0 Å². The molecule has 1 aromatic carbocycles. The second-order valence-corrected chi connectivity index (χ2v) is 6.01. The molecule has 5 heteroatoms. The van der Waals surface area contributed by atoms with Crippen LogP contribution in [0.1, 0.15) is 23.1 Å². The van der Waals surface area contributed by atoms with Gasteiger partial charge in [-0.05, 0) is 12.5 Å². The van der Waals surface area contributed by atoms with Crippen molar-refractivity contribution in [3.8, 4) is 5.75 Å². The zero-order chi connectivity index (χ0) is 16.4. The summed E-state index contributed by atoms with van der Waals surface area (Å²) in [6, 6.07) is 11.6. The third-order valence-electron chi connectivity index (χ3n) is 4.48. The van der Waals surface area contributed by atoms with Crippen LogP contribution in [0.4, 0.5) is 0 Å². The molecule has 0 saturated carbocycles. The third-order valence-corrected chi connectivity index (χ3v) is 4.48. The van der Waals surface area contributed by atoms with Crippen molar-refractivity contribution in [2.24, 2.45) is 7.05 Å². The second-order valence-electron chi connectivity index (χ2n) is 6.01. The molecule has 5 nitrogen and oxygen atoms in total. The Labute approximate surface area is 135 Å². The van der Waals surface area contributed by atoms with Crippen molar-refractivity contribution >= 4 is 0 Å². The Balaban J connectivity index is 1.80. The van der Waals surface area contributed by atoms with Crippen molar-refractivity contribution < 1.29 is 9.84 Å². The first-order chi connectivity index (χ1) is 11.1. The number of hydrogen-bond donors (Lipinski definition) is 1. The molecule has 1 aromatic heterocycles. The molecule has 122 valence electrons. The average Bonchev–Trinajstić information content (AvgIpc) is 2.58. The Bertz CT molecular complexity index is 740. The van der Waals surface area contributed by atoms with E-state index in [0.717, 1.165) is 24.3 Å². The van der Waals surface area contributed by atoms with Crippen LogP contribution < -0.4 is 5.43 Å². The van der Waals surface area contributed by atoms with Gasteiger partial charge in [-0.3, -0.25) is 9.69 Å². The van der Waals surface area contributed by atoms with Gasteiger partial charge in [-0.2, -0.15) is 0 Å². The highest BCUT2D eigenvalue weighted by molar-refractivity contribution is 5.29. The number of aryl methyl sites for hydroxylation is 1. The topological polar surface area (TPSA) is 54.7 Å². The van der Waals surface area contributed by atoms with Gasteiger partial charge in [0.05, 0.1) is 18.4 Å². The maximum atomic E-state index is 11.8. The minimum absolute atomic E-state index is 0.0222. The molecule has 0 spiro atoms. The summed E-state index contributed by atoms with van der Waals surface area (Å²) in [5.41, 5.74) is 2.34. The number of morpholine rings is 1. The van der Waals surface area contributed by atoms with Gasteiger partial charge in [0.1, 0.15) is 0 Å². The van der Waals surface area contributed by atoms with Crippen molar-refractivity contribution in [3.05, 3.63) is 63.6 Å². The van der Waals surface area contributed by atoms with E-state index in [-0.39, 0.29) is 17.3 Å². The van der Waals surface area contributed by atoms with Crippen molar-refractivity contribution in [1.82, 2.24) is 9.47 Å². The molecule has 0 bridgehead atoms. The second kappa shape index (κ2) is 6.56. The Hall–Kier alpha value is -2.11. The van der Waals surface area contributed by atoms with E-state index in [9.17, 15) is 9.90 Å². The van der Waals surface area contributed by atoms with Gasteiger partial charge in [0.25, 0.3) is 0 Å². The monoisotopic (exact) mass is 314 g/mol. The summed E-state index contributed by atoms with van der Waals surface area (Å²) in [4.78, 5) is 14.1. The van der Waals surface area contributed by atoms with Crippen molar-refractivity contribution in [3.63, 3.8) is 0 Å². The van der Waals surface area contributed by atoms with Crippen LogP contribution in [0.5, 0.6) is 5.75 Å². The van der Waals surface area contributed by atoms with E-state index < -0.39 is 0 Å². The van der Waals surface area contributed by atoms with E-state index in [1.54, 1.807) is 0 Å². The van der Waals surface area contributed by atoms with Crippen LogP contribution in [-0.4, -0.2) is 34.3 Å². The smallest absolute Gasteiger partial charge is 0.223 e. The lowest BCUT2D eigenvalue weighted by Crippen LogP contribution is -2.38. The maximum absolute atomic E-state index is 11.8. The number of pyridine rings is 1. The lowest BCUT2D eigenvalue weighted by molar-refractivity contribution is -0.0337. The van der Waals surface area contributed by atoms with Crippen molar-refractivity contribution in [2.75, 3.05) is 19.7 Å². The Morgan fingerprint density at radius 1 is 1.30 bits per heavy atom. The SMILES string of the molecule is Cc1cc(=O)c(O)c(CN2CCO[C@H](c3ccccc3)C2)n1C. The van der Waals surface area contributed by atoms with Crippen molar-refractivity contribution in [1.29, 1.82) is 0 Å². The standard InChI is InChI=1S/C18H22N2O3/c1-13-10-16(21)18(22)15(19(13)2)11-20-8-9-23-17(12-20)14-6-4-3-5-7-14/h3-7,10,17,22H,8-9,11-12H2,1-2H3/t17-/m0/s1. The van der Waals surface area contributed by atoms with E-state index >= 15 is 0 Å². The Morgan fingerprint density at radius 2 is 2.04 bits per heavy atom. The first-order valence-corrected chi connectivity index (χ1v) is 7.83. The van der Waals surface area contributed by atoms with Crippen LogP contribution in [0.2, 0.25) is 0 Å². The fraction of sp³-hybridized carbons (Fsp3) is 0.389. The number of aromatic nitrogens is 1. The predicted molar refractivity (Wildman–Crippen MR) is 88.5 cm³/mol. The normalized spacial score (nSPS) is 19.0. The fourth-order valence-electron chi connectivity index (χ4n) is 2.98. The molecule has 23 heavy (non-hydrogen) atoms. The molecule has 2 aromatic rings. The summed E-state index contributed by atoms with van der Waals surface area (Å²) in [6.45, 7) is 4.57. The number of ether oxygens (including phenoxy) is 1. The van der Waals surface area contributed by atoms with E-state index in [4.69, 9.17) is 4.74 Å². The maximum Gasteiger partial charge on any atom is 0.223 e. The molecule has 1 aliphatic heterocycles. The van der Waals surface area contributed by atoms with E-state index in [1.165, 1.54) is 6.07 Å². The average molecular weight is 314 g/mol. The first-order valence-electron chi connectivity index (χ1n) is 7.83. The number of hydrogen-bond acceptors (Lipinski definition) is 4. The number of rotatable bonds is 3. The zero-order valence-corrected chi connectivity index (χ0v) is 13.5. The first kappa shape index (κ1) is 15.8. The van der Waals surface area contributed by atoms with Gasteiger partial charge in [-0.25, -0.2) is 0 Å². The lowest BCUT2D eigenvalue weighted by Gasteiger charge is -2.33. The summed E-state index contributed by atoms with van der Waals surface area (Å²) < 4.78 is 7.75. The van der Waals surface area contributed by atoms with Crippen LogP contribution in [0.15, 0.2) is 41.2 Å². The number of aromatic hydroxyl groups is 1. The Morgan fingerprint density at radius 3 is 2.78 bits per heavy atom. The Kier molecular flexibility index (Phi) is 4.50. The molecule has 0 amide bonds. The van der Waals surface area contributed by atoms with Gasteiger partial charge < -0.3 is 14.4 Å². The minimum atomic E-state index is -0.316. The molecule has 0 unspecified atom stereocenters. The van der Waals surface area contributed by atoms with Crippen LogP contribution in [0.25, 0.3) is 0 Å². The summed E-state index contributed by atoms with van der Waals surface area (Å²) in [7, 11) is 1.87. The molecule has 1 N–H and O–H groups in total. The number of nitrogens with zero attached hydrogens (tertiary/aromatic N) is 2. The largest absolute Gasteiger partial charge is 0.503 e. The van der Waals surface area contributed by atoms with Gasteiger partial charge >= 0.3 is 0 Å². The molecular weight excluding hydrogens is 292 g/mol. The van der Waals surface area contributed by atoms with Crippen LogP contribution in [-0.2, 0) is 18.3 Å². The highest BCUT2D eigenvalue weighted by atomic mass is 16.5. The van der Waals surface area contributed by atoms with Gasteiger partial charge in [-0.1, -0.05) is 30.3 Å². The van der Waals surface area contributed by atoms with Gasteiger partial charge in [0, 0.05) is 38.4 Å². The van der Waals surface area contributed by atoms with E-state index in [1.807, 2.05) is 36.7 Å². The van der Waals surface area contributed by atoms with Gasteiger partial charge in [0.2, 0.25) is 5.43 Å². The molecule has 0 radical (unpaired) electrons. The predicted octanol–water partition coefficient (Wildman–Crippen LogP) is 1.97. The minimum Gasteiger partial charge on any atom is -0.503 e. The van der Waals surface area contributed by atoms with Crippen LogP contribution in [0, 0.1) is 6.92 Å². The fourth-order valence-corrected chi connectivity index (χ4v) is 2.98. The molecular formula is C18H22N2O3. The summed E-state index contributed by atoms with van der Waals surface area (Å²) in [5.74, 6) is -0.152. The zero-order valence-electron chi connectivity index (χ0n) is 13.5. The van der Waals surface area contributed by atoms with E-state index in [0.29, 0.717) is 18.8 Å². The molecule has 1 atom stereocenters. The third kappa shape index (κ3) is 3.30. The summed E-state index contributed by atoms with van der Waals surface area (Å²) in [5, 5.41) is 10.1. The quantitative estimate of drug-likeness (QED) is 0.941. The highest BCUT2D eigenvalue weighted by Gasteiger charge is 2.23. The molecule has 1 fully saturated rings. The molecule has 1 aliphatic rings. The molecule has 2 heterocycles. The summed E-state index contributed by atoms with van der Waals surface area (Å²) in [6.07, 6.45) is 0.0222.